The summed E-state index contributed by atoms with van der Waals surface area (Å²) in [5.74, 6) is 2.40. The van der Waals surface area contributed by atoms with Gasteiger partial charge < -0.3 is 19.8 Å². The van der Waals surface area contributed by atoms with Crippen LogP contribution in [0.2, 0.25) is 0 Å². The summed E-state index contributed by atoms with van der Waals surface area (Å²) >= 11 is 0. The molecule has 130 valence electrons. The Morgan fingerprint density at radius 3 is 2.92 bits per heavy atom. The maximum Gasteiger partial charge on any atom is 0.182 e. The van der Waals surface area contributed by atoms with Crippen molar-refractivity contribution in [3.05, 3.63) is 36.4 Å². The summed E-state index contributed by atoms with van der Waals surface area (Å²) in [5, 5.41) is 3.35. The van der Waals surface area contributed by atoms with Crippen molar-refractivity contribution < 1.29 is 9.47 Å². The number of rotatable bonds is 6. The number of hydrogen-bond donors (Lipinski definition) is 2. The van der Waals surface area contributed by atoms with E-state index in [4.69, 9.17) is 9.47 Å². The molecule has 2 heterocycles. The third-order valence-corrected chi connectivity index (χ3v) is 4.54. The van der Waals surface area contributed by atoms with Crippen LogP contribution in [0.3, 0.4) is 0 Å². The molecule has 0 radical (unpaired) electrons. The number of methoxy groups -OCH3 is 1. The molecule has 0 saturated heterocycles. The molecule has 0 bridgehead atoms. The maximum absolute atomic E-state index is 6.24. The second-order valence-electron chi connectivity index (χ2n) is 6.17. The van der Waals surface area contributed by atoms with Gasteiger partial charge in [-0.15, -0.1) is 0 Å². The predicted molar refractivity (Wildman–Crippen MR) is 94.9 cm³/mol. The number of anilines is 1. The van der Waals surface area contributed by atoms with Crippen LogP contribution >= 0.6 is 0 Å². The standard InChI is InChI=1S/C18H21N5O2/c1-24-14-7-6-12(15(8-14)25-13-4-2-3-5-13)9-19-17-16-18(21-10-20-16)23-11-22-17/h6-8,10-11,13H,2-5,9H2,1H3,(H2,19,20,21,22,23). The zero-order chi connectivity index (χ0) is 17.1. The molecule has 0 amide bonds. The Hall–Kier alpha value is -2.83. The summed E-state index contributed by atoms with van der Waals surface area (Å²) in [6.07, 6.45) is 8.13. The summed E-state index contributed by atoms with van der Waals surface area (Å²) in [4.78, 5) is 15.7. The van der Waals surface area contributed by atoms with Crippen LogP contribution in [0.5, 0.6) is 11.5 Å². The zero-order valence-electron chi connectivity index (χ0n) is 14.2. The molecule has 1 aliphatic rings. The molecule has 2 N–H and O–H groups in total. The Morgan fingerprint density at radius 1 is 1.20 bits per heavy atom. The average molecular weight is 339 g/mol. The molecule has 1 saturated carbocycles. The molecule has 3 aromatic rings. The number of ether oxygens (including phenoxy) is 2. The monoisotopic (exact) mass is 339 g/mol. The van der Waals surface area contributed by atoms with E-state index in [1.165, 1.54) is 19.2 Å². The van der Waals surface area contributed by atoms with E-state index in [1.807, 2.05) is 18.2 Å². The molecule has 25 heavy (non-hydrogen) atoms. The molecule has 1 aromatic carbocycles. The number of aromatic amines is 1. The van der Waals surface area contributed by atoms with Crippen molar-refractivity contribution in [2.75, 3.05) is 12.4 Å². The van der Waals surface area contributed by atoms with Gasteiger partial charge in [0, 0.05) is 18.2 Å². The lowest BCUT2D eigenvalue weighted by molar-refractivity contribution is 0.207. The van der Waals surface area contributed by atoms with Crippen molar-refractivity contribution in [2.24, 2.45) is 0 Å². The Bertz CT molecular complexity index is 858. The lowest BCUT2D eigenvalue weighted by atomic mass is 10.1. The first-order valence-corrected chi connectivity index (χ1v) is 8.55. The molecule has 0 unspecified atom stereocenters. The van der Waals surface area contributed by atoms with Crippen molar-refractivity contribution >= 4 is 17.0 Å². The van der Waals surface area contributed by atoms with Gasteiger partial charge in [0.25, 0.3) is 0 Å². The summed E-state index contributed by atoms with van der Waals surface area (Å²) in [5.41, 5.74) is 2.52. The first-order valence-electron chi connectivity index (χ1n) is 8.55. The minimum Gasteiger partial charge on any atom is -0.497 e. The molecule has 1 fully saturated rings. The number of hydrogen-bond acceptors (Lipinski definition) is 6. The van der Waals surface area contributed by atoms with Crippen molar-refractivity contribution in [1.82, 2.24) is 19.9 Å². The summed E-state index contributed by atoms with van der Waals surface area (Å²) in [6.45, 7) is 0.594. The second-order valence-corrected chi connectivity index (χ2v) is 6.17. The van der Waals surface area contributed by atoms with Crippen molar-refractivity contribution in [3.63, 3.8) is 0 Å². The molecule has 4 rings (SSSR count). The lowest BCUT2D eigenvalue weighted by Gasteiger charge is -2.18. The van der Waals surface area contributed by atoms with Gasteiger partial charge in [0.1, 0.15) is 23.3 Å². The van der Waals surface area contributed by atoms with E-state index in [2.05, 4.69) is 25.3 Å². The first-order chi connectivity index (χ1) is 12.3. The molecule has 0 atom stereocenters. The molecule has 0 spiro atoms. The Kier molecular flexibility index (Phi) is 4.37. The van der Waals surface area contributed by atoms with Crippen molar-refractivity contribution in [1.29, 1.82) is 0 Å². The molecule has 1 aliphatic carbocycles. The summed E-state index contributed by atoms with van der Waals surface area (Å²) in [6, 6.07) is 5.94. The molecule has 2 aromatic heterocycles. The molecule has 0 aliphatic heterocycles. The van der Waals surface area contributed by atoms with E-state index in [0.717, 1.165) is 41.2 Å². The number of benzene rings is 1. The Morgan fingerprint density at radius 2 is 2.08 bits per heavy atom. The summed E-state index contributed by atoms with van der Waals surface area (Å²) in [7, 11) is 1.67. The average Bonchev–Trinajstić information content (AvgIpc) is 3.32. The maximum atomic E-state index is 6.24. The SMILES string of the molecule is COc1ccc(CNc2ncnc3nc[nH]c23)c(OC2CCCC2)c1. The van der Waals surface area contributed by atoms with E-state index in [0.29, 0.717) is 18.3 Å². The van der Waals surface area contributed by atoms with E-state index < -0.39 is 0 Å². The zero-order valence-corrected chi connectivity index (χ0v) is 14.2. The van der Waals surface area contributed by atoms with Crippen LogP contribution in [0.15, 0.2) is 30.9 Å². The van der Waals surface area contributed by atoms with Crippen LogP contribution in [0.1, 0.15) is 31.2 Å². The minimum absolute atomic E-state index is 0.296. The van der Waals surface area contributed by atoms with Crippen molar-refractivity contribution in [3.8, 4) is 11.5 Å². The fraction of sp³-hybridized carbons (Fsp3) is 0.389. The van der Waals surface area contributed by atoms with Crippen LogP contribution < -0.4 is 14.8 Å². The molecule has 7 heteroatoms. The van der Waals surface area contributed by atoms with Crippen molar-refractivity contribution in [2.45, 2.75) is 38.3 Å². The van der Waals surface area contributed by atoms with Crippen LogP contribution in [0, 0.1) is 0 Å². The van der Waals surface area contributed by atoms with Gasteiger partial charge in [-0.05, 0) is 37.8 Å². The highest BCUT2D eigenvalue weighted by Gasteiger charge is 2.18. The molecular weight excluding hydrogens is 318 g/mol. The Balaban J connectivity index is 1.55. The van der Waals surface area contributed by atoms with E-state index in [-0.39, 0.29) is 0 Å². The van der Waals surface area contributed by atoms with Crippen LogP contribution in [0.4, 0.5) is 5.82 Å². The van der Waals surface area contributed by atoms with Crippen LogP contribution in [-0.2, 0) is 6.54 Å². The van der Waals surface area contributed by atoms with Crippen LogP contribution in [-0.4, -0.2) is 33.1 Å². The van der Waals surface area contributed by atoms with E-state index >= 15 is 0 Å². The van der Waals surface area contributed by atoms with Gasteiger partial charge in [0.05, 0.1) is 19.5 Å². The quantitative estimate of drug-likeness (QED) is 0.717. The lowest BCUT2D eigenvalue weighted by Crippen LogP contribution is -2.13. The topological polar surface area (TPSA) is 85.0 Å². The number of fused-ring (bicyclic) bond motifs is 1. The van der Waals surface area contributed by atoms with Gasteiger partial charge in [-0.3, -0.25) is 0 Å². The fourth-order valence-electron chi connectivity index (χ4n) is 3.18. The molecular formula is C18H21N5O2. The fourth-order valence-corrected chi connectivity index (χ4v) is 3.18. The smallest absolute Gasteiger partial charge is 0.182 e. The van der Waals surface area contributed by atoms with E-state index in [1.54, 1.807) is 13.4 Å². The number of imidazole rings is 1. The first kappa shape index (κ1) is 15.7. The van der Waals surface area contributed by atoms with E-state index in [9.17, 15) is 0 Å². The third kappa shape index (κ3) is 3.35. The number of nitrogens with zero attached hydrogens (tertiary/aromatic N) is 3. The number of nitrogens with one attached hydrogen (secondary N) is 2. The highest BCUT2D eigenvalue weighted by molar-refractivity contribution is 5.81. The number of aromatic nitrogens is 4. The van der Waals surface area contributed by atoms with Gasteiger partial charge >= 0.3 is 0 Å². The minimum atomic E-state index is 0.296. The second kappa shape index (κ2) is 6.96. The molecule has 7 nitrogen and oxygen atoms in total. The Labute approximate surface area is 145 Å². The van der Waals surface area contributed by atoms with Crippen LogP contribution in [0.25, 0.3) is 11.2 Å². The van der Waals surface area contributed by atoms with Gasteiger partial charge in [-0.25, -0.2) is 15.0 Å². The highest BCUT2D eigenvalue weighted by Crippen LogP contribution is 2.30. The van der Waals surface area contributed by atoms with Gasteiger partial charge in [0.2, 0.25) is 0 Å². The predicted octanol–water partition coefficient (Wildman–Crippen LogP) is 3.30. The van der Waals surface area contributed by atoms with Gasteiger partial charge in [0.15, 0.2) is 11.5 Å². The largest absolute Gasteiger partial charge is 0.497 e. The normalized spacial score (nSPS) is 14.8. The highest BCUT2D eigenvalue weighted by atomic mass is 16.5. The summed E-state index contributed by atoms with van der Waals surface area (Å²) < 4.78 is 11.6. The van der Waals surface area contributed by atoms with Gasteiger partial charge in [-0.1, -0.05) is 0 Å². The third-order valence-electron chi connectivity index (χ3n) is 4.54. The van der Waals surface area contributed by atoms with Gasteiger partial charge in [-0.2, -0.15) is 0 Å². The number of H-pyrrole nitrogens is 1.